The Morgan fingerprint density at radius 3 is 1.08 bits per heavy atom. The average molecular weight is 511 g/mol. The van der Waals surface area contributed by atoms with E-state index < -0.39 is 11.1 Å². The number of hydrogen-bond acceptors (Lipinski definition) is 8. The molecule has 210 valence electrons. The molecule has 0 aromatic carbocycles. The molecule has 2 aliphatic heterocycles. The van der Waals surface area contributed by atoms with Gasteiger partial charge in [0.15, 0.2) is 0 Å². The van der Waals surface area contributed by atoms with Gasteiger partial charge in [0.25, 0.3) is 0 Å². The summed E-state index contributed by atoms with van der Waals surface area (Å²) in [5.74, 6) is -0.370. The maximum atomic E-state index is 13.0. The van der Waals surface area contributed by atoms with Crippen molar-refractivity contribution < 1.29 is 19.1 Å². The van der Waals surface area contributed by atoms with E-state index in [9.17, 15) is 9.59 Å². The zero-order chi connectivity index (χ0) is 27.8. The van der Waals surface area contributed by atoms with Crippen LogP contribution in [0.25, 0.3) is 0 Å². The highest BCUT2D eigenvalue weighted by Gasteiger charge is 2.56. The van der Waals surface area contributed by atoms with E-state index in [0.29, 0.717) is 38.8 Å². The number of hydrogen-bond donors (Lipinski definition) is 2. The van der Waals surface area contributed by atoms with Crippen molar-refractivity contribution in [1.29, 1.82) is 0 Å². The summed E-state index contributed by atoms with van der Waals surface area (Å²) in [6.45, 7) is 18.9. The van der Waals surface area contributed by atoms with Crippen molar-refractivity contribution in [3.05, 3.63) is 0 Å². The van der Waals surface area contributed by atoms with Crippen LogP contribution in [-0.4, -0.2) is 96.4 Å². The van der Waals surface area contributed by atoms with Crippen LogP contribution in [0.2, 0.25) is 0 Å². The minimum Gasteiger partial charge on any atom is -0.468 e. The fraction of sp³-hybridized carbons (Fsp3) is 0.929. The second-order valence-electron chi connectivity index (χ2n) is 13.8. The fourth-order valence-electron chi connectivity index (χ4n) is 7.17. The first kappa shape index (κ1) is 31.0. The molecule has 0 saturated carbocycles. The van der Waals surface area contributed by atoms with Gasteiger partial charge in [-0.1, -0.05) is 0 Å². The van der Waals surface area contributed by atoms with Gasteiger partial charge in [-0.3, -0.25) is 19.4 Å². The largest absolute Gasteiger partial charge is 0.468 e. The number of nitrogens with zero attached hydrogens (tertiary/aromatic N) is 2. The number of rotatable bonds is 9. The molecule has 0 aliphatic carbocycles. The molecule has 2 heterocycles. The van der Waals surface area contributed by atoms with Crippen molar-refractivity contribution in [2.45, 2.75) is 127 Å². The molecule has 2 saturated heterocycles. The maximum absolute atomic E-state index is 13.0. The van der Waals surface area contributed by atoms with Gasteiger partial charge in [0.1, 0.15) is 11.1 Å². The van der Waals surface area contributed by atoms with E-state index in [0.717, 1.165) is 12.8 Å². The lowest BCUT2D eigenvalue weighted by Crippen LogP contribution is -2.70. The minimum absolute atomic E-state index is 0.148. The number of ether oxygens (including phenoxy) is 2. The Labute approximate surface area is 220 Å². The number of carbonyl (C=O) groups is 2. The van der Waals surface area contributed by atoms with Crippen LogP contribution in [0.5, 0.6) is 0 Å². The zero-order valence-electron chi connectivity index (χ0n) is 25.2. The third kappa shape index (κ3) is 6.08. The van der Waals surface area contributed by atoms with Crippen LogP contribution in [0, 0.1) is 0 Å². The van der Waals surface area contributed by atoms with Crippen molar-refractivity contribution in [3.8, 4) is 0 Å². The van der Waals surface area contributed by atoms with Gasteiger partial charge < -0.3 is 20.1 Å². The molecule has 0 spiro atoms. The van der Waals surface area contributed by atoms with Crippen LogP contribution >= 0.6 is 0 Å². The van der Waals surface area contributed by atoms with E-state index in [1.807, 2.05) is 0 Å². The van der Waals surface area contributed by atoms with Gasteiger partial charge in [-0.15, -0.1) is 0 Å². The van der Waals surface area contributed by atoms with E-state index in [2.05, 4.69) is 89.9 Å². The SMILES string of the molecule is COC(=O)C1(NCCCCNC2(C(=O)OC)CC(C)(C)N(C)C(C)(C)C2)CC(C)(C)N(C)C(C)(C)C1. The van der Waals surface area contributed by atoms with Gasteiger partial charge in [-0.25, -0.2) is 0 Å². The summed E-state index contributed by atoms with van der Waals surface area (Å²) in [7, 11) is 7.22. The minimum atomic E-state index is -0.711. The second-order valence-corrected chi connectivity index (χ2v) is 13.8. The Morgan fingerprint density at radius 2 is 0.861 bits per heavy atom. The maximum Gasteiger partial charge on any atom is 0.326 e. The number of esters is 2. The number of likely N-dealkylation sites (tertiary alicyclic amines) is 2. The Hall–Kier alpha value is -1.22. The fourth-order valence-corrected chi connectivity index (χ4v) is 7.17. The van der Waals surface area contributed by atoms with Gasteiger partial charge in [0.2, 0.25) is 0 Å². The normalized spacial score (nSPS) is 26.2. The van der Waals surface area contributed by atoms with E-state index in [1.165, 1.54) is 14.2 Å². The summed E-state index contributed by atoms with van der Waals surface area (Å²) in [5, 5.41) is 7.21. The molecule has 0 aromatic heterocycles. The molecule has 0 unspecified atom stereocenters. The standard InChI is InChI=1S/C28H54N4O4/c1-23(2)17-27(21(33)35-11,18-24(3,4)31(23)9)29-15-13-14-16-30-28(22(34)36-12)19-25(5,6)32(10)26(7,8)20-28/h29-30H,13-20H2,1-12H3. The van der Waals surface area contributed by atoms with Gasteiger partial charge >= 0.3 is 11.9 Å². The topological polar surface area (TPSA) is 83.1 Å². The molecule has 2 rings (SSSR count). The molecule has 2 fully saturated rings. The zero-order valence-corrected chi connectivity index (χ0v) is 25.2. The quantitative estimate of drug-likeness (QED) is 0.361. The Kier molecular flexibility index (Phi) is 9.05. The van der Waals surface area contributed by atoms with E-state index in [-0.39, 0.29) is 34.1 Å². The lowest BCUT2D eigenvalue weighted by Gasteiger charge is -2.57. The summed E-state index contributed by atoms with van der Waals surface area (Å²) < 4.78 is 10.6. The predicted octanol–water partition coefficient (Wildman–Crippen LogP) is 3.34. The van der Waals surface area contributed by atoms with Crippen molar-refractivity contribution in [2.75, 3.05) is 41.4 Å². The Bertz CT molecular complexity index is 703. The van der Waals surface area contributed by atoms with Gasteiger partial charge in [-0.2, -0.15) is 0 Å². The molecular formula is C28H54N4O4. The third-order valence-corrected chi connectivity index (χ3v) is 9.25. The summed E-state index contributed by atoms with van der Waals surface area (Å²) in [6.07, 6.45) is 4.52. The molecule has 2 aliphatic rings. The van der Waals surface area contributed by atoms with Crippen LogP contribution in [0.3, 0.4) is 0 Å². The van der Waals surface area contributed by atoms with Crippen molar-refractivity contribution in [3.63, 3.8) is 0 Å². The molecule has 8 heteroatoms. The monoisotopic (exact) mass is 510 g/mol. The number of piperidine rings is 2. The summed E-state index contributed by atoms with van der Waals surface area (Å²) >= 11 is 0. The van der Waals surface area contributed by atoms with Crippen molar-refractivity contribution in [1.82, 2.24) is 20.4 Å². The van der Waals surface area contributed by atoms with Gasteiger partial charge in [0, 0.05) is 22.2 Å². The summed E-state index contributed by atoms with van der Waals surface area (Å²) in [5.41, 5.74) is -2.01. The molecule has 0 radical (unpaired) electrons. The lowest BCUT2D eigenvalue weighted by molar-refractivity contribution is -0.159. The molecule has 2 N–H and O–H groups in total. The number of unbranched alkanes of at least 4 members (excludes halogenated alkanes) is 1. The highest BCUT2D eigenvalue weighted by atomic mass is 16.5. The van der Waals surface area contributed by atoms with Crippen LogP contribution in [0.15, 0.2) is 0 Å². The van der Waals surface area contributed by atoms with Crippen molar-refractivity contribution in [2.24, 2.45) is 0 Å². The highest BCUT2D eigenvalue weighted by molar-refractivity contribution is 5.82. The molecule has 36 heavy (non-hydrogen) atoms. The van der Waals surface area contributed by atoms with Crippen LogP contribution in [-0.2, 0) is 19.1 Å². The van der Waals surface area contributed by atoms with Crippen molar-refractivity contribution >= 4 is 11.9 Å². The first-order chi connectivity index (χ1) is 16.3. The van der Waals surface area contributed by atoms with Crippen LogP contribution in [0.1, 0.15) is 93.9 Å². The average Bonchev–Trinajstić information content (AvgIpc) is 2.76. The first-order valence-electron chi connectivity index (χ1n) is 13.5. The Morgan fingerprint density at radius 1 is 0.611 bits per heavy atom. The second kappa shape index (κ2) is 10.5. The predicted molar refractivity (Wildman–Crippen MR) is 145 cm³/mol. The van der Waals surface area contributed by atoms with Crippen LogP contribution in [0.4, 0.5) is 0 Å². The number of methoxy groups -OCH3 is 2. The molecule has 0 amide bonds. The smallest absolute Gasteiger partial charge is 0.326 e. The molecular weight excluding hydrogens is 456 g/mol. The molecule has 0 atom stereocenters. The lowest BCUT2D eigenvalue weighted by atomic mass is 9.69. The Balaban J connectivity index is 2.04. The van der Waals surface area contributed by atoms with E-state index in [4.69, 9.17) is 9.47 Å². The van der Waals surface area contributed by atoms with E-state index in [1.54, 1.807) is 0 Å². The molecule has 8 nitrogen and oxygen atoms in total. The molecule has 0 aromatic rings. The summed E-state index contributed by atoms with van der Waals surface area (Å²) in [4.78, 5) is 30.8. The molecule has 0 bridgehead atoms. The first-order valence-corrected chi connectivity index (χ1v) is 13.5. The van der Waals surface area contributed by atoms with Gasteiger partial charge in [0.05, 0.1) is 14.2 Å². The van der Waals surface area contributed by atoms with Gasteiger partial charge in [-0.05, 0) is 121 Å². The number of nitrogens with one attached hydrogen (secondary N) is 2. The third-order valence-electron chi connectivity index (χ3n) is 9.25. The highest BCUT2D eigenvalue weighted by Crippen LogP contribution is 2.44. The van der Waals surface area contributed by atoms with Crippen LogP contribution < -0.4 is 10.6 Å². The summed E-state index contributed by atoms with van der Waals surface area (Å²) in [6, 6.07) is 0. The number of carbonyl (C=O) groups excluding carboxylic acids is 2. The van der Waals surface area contributed by atoms with E-state index >= 15 is 0 Å².